The smallest absolute Gasteiger partial charge is 0.462 e. The number of hydrogen-bond acceptors (Lipinski definition) is 15. The summed E-state index contributed by atoms with van der Waals surface area (Å²) in [6.07, 6.45) is 58.1. The molecule has 6 atom stereocenters. The summed E-state index contributed by atoms with van der Waals surface area (Å²) in [5.74, 6) is -1.30. The zero-order chi connectivity index (χ0) is 69.8. The van der Waals surface area contributed by atoms with Gasteiger partial charge in [-0.1, -0.05) is 349 Å². The fourth-order valence-corrected chi connectivity index (χ4v) is 13.3. The van der Waals surface area contributed by atoms with Crippen molar-refractivity contribution in [2.45, 2.75) is 419 Å². The quantitative estimate of drug-likeness (QED) is 0.0222. The van der Waals surface area contributed by atoms with Crippen LogP contribution >= 0.6 is 15.6 Å². The molecule has 0 aromatic rings. The minimum atomic E-state index is -4.96. The Hall–Kier alpha value is -1.94. The number of phosphoric ester groups is 2. The molecule has 95 heavy (non-hydrogen) atoms. The van der Waals surface area contributed by atoms with Crippen LogP contribution in [0, 0.1) is 5.92 Å². The van der Waals surface area contributed by atoms with E-state index in [9.17, 15) is 43.2 Å². The molecule has 0 amide bonds. The summed E-state index contributed by atoms with van der Waals surface area (Å²) in [7, 11) is -9.91. The van der Waals surface area contributed by atoms with Gasteiger partial charge in [0, 0.05) is 25.7 Å². The number of esters is 4. The number of hydrogen-bond donors (Lipinski definition) is 3. The highest BCUT2D eigenvalue weighted by Crippen LogP contribution is 2.45. The lowest BCUT2D eigenvalue weighted by molar-refractivity contribution is -0.161. The van der Waals surface area contributed by atoms with Gasteiger partial charge in [-0.25, -0.2) is 9.13 Å². The molecular weight excluding hydrogens is 1250 g/mol. The topological polar surface area (TPSA) is 237 Å². The number of ether oxygens (including phenoxy) is 4. The Bertz CT molecular complexity index is 1820. The summed E-state index contributed by atoms with van der Waals surface area (Å²) in [5, 5.41) is 10.6. The standard InChI is InChI=1S/C76H148O17P2/c1-6-10-13-16-19-22-25-27-28-29-30-31-33-35-42-47-52-57-62-76(81)93-72(66-87-74(79)60-55-50-45-40-37-36-38-43-48-53-58-69(5)9-4)68-91-95(84,85)89-64-70(77)63-88-94(82,83)90-67-71(65-86-73(78)59-54-49-44-39-24-21-18-15-12-8-3)92-75(80)61-56-51-46-41-34-32-26-23-20-17-14-11-7-2/h69-72,77H,6-68H2,1-5H3,(H,82,83)(H,84,85)/t69?,70-,71+,72+/m0/s1. The molecule has 0 radical (unpaired) electrons. The molecular formula is C76H148O17P2. The van der Waals surface area contributed by atoms with Gasteiger partial charge in [0.05, 0.1) is 26.4 Å². The average molecular weight is 1400 g/mol. The second-order valence-corrected chi connectivity index (χ2v) is 30.5. The van der Waals surface area contributed by atoms with Crippen LogP contribution in [0.3, 0.4) is 0 Å². The summed E-state index contributed by atoms with van der Waals surface area (Å²) >= 11 is 0. The van der Waals surface area contributed by atoms with Crippen LogP contribution in [0.2, 0.25) is 0 Å². The Kier molecular flexibility index (Phi) is 67.7. The first-order valence-corrected chi connectivity index (χ1v) is 42.7. The highest BCUT2D eigenvalue weighted by atomic mass is 31.2. The van der Waals surface area contributed by atoms with Gasteiger partial charge in [-0.15, -0.1) is 0 Å². The van der Waals surface area contributed by atoms with E-state index in [1.165, 1.54) is 225 Å². The number of unbranched alkanes of at least 4 members (excludes halogenated alkanes) is 47. The molecule has 0 aliphatic heterocycles. The first-order valence-electron chi connectivity index (χ1n) is 39.7. The molecule has 0 fully saturated rings. The monoisotopic (exact) mass is 1400 g/mol. The van der Waals surface area contributed by atoms with Crippen molar-refractivity contribution in [1.29, 1.82) is 0 Å². The predicted molar refractivity (Wildman–Crippen MR) is 386 cm³/mol. The summed E-state index contributed by atoms with van der Waals surface area (Å²) in [6.45, 7) is 7.32. The molecule has 0 heterocycles. The van der Waals surface area contributed by atoms with E-state index < -0.39 is 97.5 Å². The third-order valence-electron chi connectivity index (χ3n) is 18.1. The number of carbonyl (C=O) groups excluding carboxylic acids is 4. The van der Waals surface area contributed by atoms with E-state index in [4.69, 9.17) is 37.0 Å². The van der Waals surface area contributed by atoms with E-state index >= 15 is 0 Å². The van der Waals surface area contributed by atoms with Gasteiger partial charge in [-0.3, -0.25) is 37.3 Å². The summed E-state index contributed by atoms with van der Waals surface area (Å²) in [4.78, 5) is 72.8. The van der Waals surface area contributed by atoms with E-state index in [-0.39, 0.29) is 25.7 Å². The molecule has 0 aliphatic carbocycles. The minimum absolute atomic E-state index is 0.108. The lowest BCUT2D eigenvalue weighted by Gasteiger charge is -2.21. The van der Waals surface area contributed by atoms with Crippen molar-refractivity contribution in [3.8, 4) is 0 Å². The highest BCUT2D eigenvalue weighted by Gasteiger charge is 2.30. The zero-order valence-electron chi connectivity index (χ0n) is 61.8. The van der Waals surface area contributed by atoms with E-state index in [1.54, 1.807) is 0 Å². The number of aliphatic hydroxyl groups is 1. The second kappa shape index (κ2) is 69.2. The maximum atomic E-state index is 13.1. The van der Waals surface area contributed by atoms with Gasteiger partial charge in [0.2, 0.25) is 0 Å². The Balaban J connectivity index is 5.24. The van der Waals surface area contributed by atoms with Crippen LogP contribution in [-0.2, 0) is 65.4 Å². The molecule has 17 nitrogen and oxygen atoms in total. The maximum Gasteiger partial charge on any atom is 0.472 e. The van der Waals surface area contributed by atoms with Crippen LogP contribution < -0.4 is 0 Å². The molecule has 0 aliphatic rings. The van der Waals surface area contributed by atoms with Crippen molar-refractivity contribution in [1.82, 2.24) is 0 Å². The Morgan fingerprint density at radius 2 is 0.505 bits per heavy atom. The first kappa shape index (κ1) is 93.1. The molecule has 3 unspecified atom stereocenters. The van der Waals surface area contributed by atoms with Crippen molar-refractivity contribution in [2.24, 2.45) is 5.92 Å². The minimum Gasteiger partial charge on any atom is -0.462 e. The first-order chi connectivity index (χ1) is 46.1. The summed E-state index contributed by atoms with van der Waals surface area (Å²) in [6, 6.07) is 0. The van der Waals surface area contributed by atoms with Crippen molar-refractivity contribution in [2.75, 3.05) is 39.6 Å². The fourth-order valence-electron chi connectivity index (χ4n) is 11.7. The molecule has 0 bridgehead atoms. The van der Waals surface area contributed by atoms with Gasteiger partial charge < -0.3 is 33.8 Å². The molecule has 0 saturated heterocycles. The Morgan fingerprint density at radius 3 is 0.747 bits per heavy atom. The van der Waals surface area contributed by atoms with Crippen LogP contribution in [-0.4, -0.2) is 96.7 Å². The Morgan fingerprint density at radius 1 is 0.295 bits per heavy atom. The number of rotatable bonds is 76. The fraction of sp³-hybridized carbons (Fsp3) is 0.947. The average Bonchev–Trinajstić information content (AvgIpc) is 2.61. The van der Waals surface area contributed by atoms with Crippen LogP contribution in [0.1, 0.15) is 401 Å². The zero-order valence-corrected chi connectivity index (χ0v) is 63.6. The third kappa shape index (κ3) is 69.0. The van der Waals surface area contributed by atoms with Crippen molar-refractivity contribution < 1.29 is 80.2 Å². The number of carbonyl (C=O) groups is 4. The van der Waals surface area contributed by atoms with Gasteiger partial charge >= 0.3 is 39.5 Å². The van der Waals surface area contributed by atoms with Crippen LogP contribution in [0.4, 0.5) is 0 Å². The molecule has 0 rings (SSSR count). The molecule has 19 heteroatoms. The second-order valence-electron chi connectivity index (χ2n) is 27.6. The van der Waals surface area contributed by atoms with Crippen LogP contribution in [0.25, 0.3) is 0 Å². The van der Waals surface area contributed by atoms with Gasteiger partial charge in [0.25, 0.3) is 0 Å². The SMILES string of the molecule is CCCCCCCCCCCCCCCCCCCCC(=O)O[C@H](COC(=O)CCCCCCCCCCCCC(C)CC)COP(=O)(O)OC[C@@H](O)COP(=O)(O)OC[C@@H](COC(=O)CCCCCCCCCCCC)OC(=O)CCCCCCCCCCCCCCC. The lowest BCUT2D eigenvalue weighted by Crippen LogP contribution is -2.30. The molecule has 3 N–H and O–H groups in total. The molecule has 0 aromatic carbocycles. The van der Waals surface area contributed by atoms with E-state index in [0.717, 1.165) is 95.8 Å². The van der Waals surface area contributed by atoms with Crippen molar-refractivity contribution >= 4 is 39.5 Å². The third-order valence-corrected chi connectivity index (χ3v) is 20.0. The Labute approximate surface area is 581 Å². The molecule has 0 aromatic heterocycles. The summed E-state index contributed by atoms with van der Waals surface area (Å²) in [5.41, 5.74) is 0. The van der Waals surface area contributed by atoms with Gasteiger partial charge in [0.1, 0.15) is 19.3 Å². The normalized spacial score (nSPS) is 14.2. The maximum absolute atomic E-state index is 13.1. The van der Waals surface area contributed by atoms with Crippen LogP contribution in [0.5, 0.6) is 0 Å². The molecule has 564 valence electrons. The van der Waals surface area contributed by atoms with E-state index in [1.807, 2.05) is 0 Å². The van der Waals surface area contributed by atoms with E-state index in [0.29, 0.717) is 25.7 Å². The van der Waals surface area contributed by atoms with Crippen molar-refractivity contribution in [3.63, 3.8) is 0 Å². The van der Waals surface area contributed by atoms with E-state index in [2.05, 4.69) is 34.6 Å². The molecule has 0 spiro atoms. The van der Waals surface area contributed by atoms with Gasteiger partial charge in [-0.2, -0.15) is 0 Å². The van der Waals surface area contributed by atoms with Crippen molar-refractivity contribution in [3.05, 3.63) is 0 Å². The van der Waals surface area contributed by atoms with Gasteiger partial charge in [-0.05, 0) is 31.6 Å². The number of aliphatic hydroxyl groups excluding tert-OH is 1. The van der Waals surface area contributed by atoms with Crippen LogP contribution in [0.15, 0.2) is 0 Å². The molecule has 0 saturated carbocycles. The van der Waals surface area contributed by atoms with Gasteiger partial charge in [0.15, 0.2) is 12.2 Å². The number of phosphoric acid groups is 2. The highest BCUT2D eigenvalue weighted by molar-refractivity contribution is 7.47. The lowest BCUT2D eigenvalue weighted by atomic mass is 9.99. The largest absolute Gasteiger partial charge is 0.472 e. The predicted octanol–water partition coefficient (Wildman–Crippen LogP) is 22.5. The summed E-state index contributed by atoms with van der Waals surface area (Å²) < 4.78 is 68.5.